The maximum absolute atomic E-state index is 13.6. The summed E-state index contributed by atoms with van der Waals surface area (Å²) in [7, 11) is 0. The molecule has 0 saturated carbocycles. The Morgan fingerprint density at radius 3 is 2.91 bits per heavy atom. The predicted molar refractivity (Wildman–Crippen MR) is 133 cm³/mol. The summed E-state index contributed by atoms with van der Waals surface area (Å²) in [5, 5.41) is 13.8. The molecule has 1 fully saturated rings. The summed E-state index contributed by atoms with van der Waals surface area (Å²) in [5.41, 5.74) is 3.20. The molecule has 4 aromatic heterocycles. The van der Waals surface area contributed by atoms with Gasteiger partial charge in [0.2, 0.25) is 5.91 Å². The quantitative estimate of drug-likeness (QED) is 0.409. The number of nitrogens with zero attached hydrogens (tertiary/aromatic N) is 7. The highest BCUT2D eigenvalue weighted by atomic mass is 16.2. The van der Waals surface area contributed by atoms with Gasteiger partial charge in [-0.15, -0.1) is 5.10 Å². The largest absolute Gasteiger partial charge is 0.346 e. The second-order valence-corrected chi connectivity index (χ2v) is 9.54. The number of aromatic nitrogens is 7. The molecule has 1 aliphatic heterocycles. The van der Waals surface area contributed by atoms with Crippen molar-refractivity contribution in [3.05, 3.63) is 72.9 Å². The van der Waals surface area contributed by atoms with Crippen LogP contribution in [0.1, 0.15) is 37.3 Å². The van der Waals surface area contributed by atoms with E-state index in [4.69, 9.17) is 0 Å². The van der Waals surface area contributed by atoms with Crippen LogP contribution in [0.15, 0.2) is 67.4 Å². The van der Waals surface area contributed by atoms with Gasteiger partial charge in [-0.05, 0) is 40.5 Å². The Morgan fingerprint density at radius 1 is 1.20 bits per heavy atom. The standard InChI is InChI=1S/C26H28N8O/c1-18-8-11-32(16-23(18)34-12-9-20-14-28-26-22(25(20)34)7-10-27-26)24(35)13-21(15-33-17-29-30-31-33)19-5-3-2-4-6-19/h2-7,9-10,12,14,17-18,21,23H,8,11,13,15-16H2,1H3,(H,27,28)/t18-,21?,23+/m1/s1. The molecule has 1 unspecified atom stereocenters. The van der Waals surface area contributed by atoms with Gasteiger partial charge in [0.05, 0.1) is 18.1 Å². The molecule has 1 aliphatic rings. The lowest BCUT2D eigenvalue weighted by Crippen LogP contribution is -2.44. The summed E-state index contributed by atoms with van der Waals surface area (Å²) in [6, 6.07) is 14.6. The first kappa shape index (κ1) is 21.5. The van der Waals surface area contributed by atoms with Crippen molar-refractivity contribution in [2.45, 2.75) is 38.3 Å². The fraction of sp³-hybridized carbons (Fsp3) is 0.346. The van der Waals surface area contributed by atoms with Crippen molar-refractivity contribution in [3.63, 3.8) is 0 Å². The molecular weight excluding hydrogens is 440 g/mol. The van der Waals surface area contributed by atoms with E-state index in [2.05, 4.69) is 67.4 Å². The number of benzene rings is 1. The van der Waals surface area contributed by atoms with Crippen LogP contribution >= 0.6 is 0 Å². The van der Waals surface area contributed by atoms with Gasteiger partial charge in [-0.1, -0.05) is 37.3 Å². The summed E-state index contributed by atoms with van der Waals surface area (Å²) >= 11 is 0. The smallest absolute Gasteiger partial charge is 0.223 e. The Hall–Kier alpha value is -4.01. The molecule has 1 N–H and O–H groups in total. The number of carbonyl (C=O) groups excluding carboxylic acids is 1. The fourth-order valence-corrected chi connectivity index (χ4v) is 5.41. The number of likely N-dealkylation sites (tertiary alicyclic amines) is 1. The first-order valence-corrected chi connectivity index (χ1v) is 12.1. The molecular formula is C26H28N8O. The number of pyridine rings is 1. The summed E-state index contributed by atoms with van der Waals surface area (Å²) in [6.45, 7) is 4.34. The van der Waals surface area contributed by atoms with E-state index < -0.39 is 0 Å². The van der Waals surface area contributed by atoms with E-state index in [1.54, 1.807) is 11.0 Å². The Bertz CT molecular complexity index is 1440. The van der Waals surface area contributed by atoms with Crippen molar-refractivity contribution in [1.82, 2.24) is 39.6 Å². The highest BCUT2D eigenvalue weighted by Gasteiger charge is 2.32. The third-order valence-corrected chi connectivity index (χ3v) is 7.38. The van der Waals surface area contributed by atoms with Crippen molar-refractivity contribution in [1.29, 1.82) is 0 Å². The molecule has 9 nitrogen and oxygen atoms in total. The highest BCUT2D eigenvalue weighted by molar-refractivity contribution is 6.02. The van der Waals surface area contributed by atoms with E-state index in [-0.39, 0.29) is 17.9 Å². The third-order valence-electron chi connectivity index (χ3n) is 7.38. The molecule has 1 saturated heterocycles. The maximum Gasteiger partial charge on any atom is 0.223 e. The van der Waals surface area contributed by atoms with Gasteiger partial charge in [0.1, 0.15) is 12.0 Å². The Balaban J connectivity index is 1.26. The zero-order valence-electron chi connectivity index (χ0n) is 19.7. The van der Waals surface area contributed by atoms with Crippen LogP contribution in [0.5, 0.6) is 0 Å². The number of carbonyl (C=O) groups is 1. The second kappa shape index (κ2) is 8.98. The SMILES string of the molecule is C[C@@H]1CCN(C(=O)CC(Cn2cnnn2)c2ccccc2)C[C@@H]1n1ccc2cnc3[nH]ccc3c21. The second-order valence-electron chi connectivity index (χ2n) is 9.54. The van der Waals surface area contributed by atoms with Crippen molar-refractivity contribution in [2.24, 2.45) is 5.92 Å². The van der Waals surface area contributed by atoms with E-state index in [9.17, 15) is 4.79 Å². The maximum atomic E-state index is 13.6. The van der Waals surface area contributed by atoms with Crippen LogP contribution in [0, 0.1) is 5.92 Å². The average Bonchev–Trinajstić information content (AvgIpc) is 3.64. The molecule has 5 heterocycles. The van der Waals surface area contributed by atoms with Crippen LogP contribution in [-0.4, -0.2) is 58.6 Å². The molecule has 3 atom stereocenters. The molecule has 9 heteroatoms. The molecule has 0 aliphatic carbocycles. The van der Waals surface area contributed by atoms with Gasteiger partial charge < -0.3 is 14.5 Å². The van der Waals surface area contributed by atoms with Crippen LogP contribution < -0.4 is 0 Å². The monoisotopic (exact) mass is 468 g/mol. The van der Waals surface area contributed by atoms with Gasteiger partial charge in [-0.2, -0.15) is 0 Å². The molecule has 178 valence electrons. The number of hydrogen-bond acceptors (Lipinski definition) is 5. The molecule has 5 aromatic rings. The van der Waals surface area contributed by atoms with E-state index in [1.807, 2.05) is 35.5 Å². The lowest BCUT2D eigenvalue weighted by molar-refractivity contribution is -0.134. The first-order valence-electron chi connectivity index (χ1n) is 12.1. The minimum Gasteiger partial charge on any atom is -0.346 e. The topological polar surface area (TPSA) is 97.5 Å². The van der Waals surface area contributed by atoms with Crippen molar-refractivity contribution < 1.29 is 4.79 Å². The van der Waals surface area contributed by atoms with Gasteiger partial charge in [0.25, 0.3) is 0 Å². The zero-order valence-corrected chi connectivity index (χ0v) is 19.7. The molecule has 0 bridgehead atoms. The van der Waals surface area contributed by atoms with E-state index in [0.717, 1.165) is 34.9 Å². The van der Waals surface area contributed by atoms with Crippen LogP contribution in [0.25, 0.3) is 21.9 Å². The van der Waals surface area contributed by atoms with Gasteiger partial charge >= 0.3 is 0 Å². The van der Waals surface area contributed by atoms with Gasteiger partial charge in [0, 0.05) is 54.8 Å². The summed E-state index contributed by atoms with van der Waals surface area (Å²) in [5.74, 6) is 0.639. The molecule has 1 amide bonds. The van der Waals surface area contributed by atoms with Gasteiger partial charge in [0.15, 0.2) is 0 Å². The number of H-pyrrole nitrogens is 1. The minimum absolute atomic E-state index is 0.00274. The van der Waals surface area contributed by atoms with Crippen LogP contribution in [0.3, 0.4) is 0 Å². The number of tetrazole rings is 1. The highest BCUT2D eigenvalue weighted by Crippen LogP contribution is 2.34. The van der Waals surface area contributed by atoms with Crippen molar-refractivity contribution in [2.75, 3.05) is 13.1 Å². The Morgan fingerprint density at radius 2 is 2.09 bits per heavy atom. The van der Waals surface area contributed by atoms with Crippen molar-refractivity contribution >= 4 is 27.8 Å². The Labute approximate surface area is 202 Å². The third kappa shape index (κ3) is 4.07. The molecule has 35 heavy (non-hydrogen) atoms. The lowest BCUT2D eigenvalue weighted by atomic mass is 9.91. The molecule has 6 rings (SSSR count). The van der Waals surface area contributed by atoms with Gasteiger partial charge in [-0.3, -0.25) is 4.79 Å². The number of rotatable bonds is 6. The van der Waals surface area contributed by atoms with Gasteiger partial charge in [-0.25, -0.2) is 9.67 Å². The zero-order chi connectivity index (χ0) is 23.8. The number of amides is 1. The molecule has 1 aromatic carbocycles. The normalized spacial score (nSPS) is 19.4. The minimum atomic E-state index is 0.00274. The number of fused-ring (bicyclic) bond motifs is 3. The summed E-state index contributed by atoms with van der Waals surface area (Å²) in [6.07, 6.45) is 9.00. The lowest BCUT2D eigenvalue weighted by Gasteiger charge is -2.39. The van der Waals surface area contributed by atoms with E-state index in [0.29, 0.717) is 25.4 Å². The number of aromatic amines is 1. The molecule has 0 radical (unpaired) electrons. The van der Waals surface area contributed by atoms with Crippen LogP contribution in [0.4, 0.5) is 0 Å². The van der Waals surface area contributed by atoms with Crippen molar-refractivity contribution in [3.8, 4) is 0 Å². The summed E-state index contributed by atoms with van der Waals surface area (Å²) in [4.78, 5) is 23.4. The average molecular weight is 469 g/mol. The molecule has 0 spiro atoms. The van der Waals surface area contributed by atoms with E-state index >= 15 is 0 Å². The van der Waals surface area contributed by atoms with E-state index in [1.165, 1.54) is 5.52 Å². The first-order chi connectivity index (χ1) is 17.2. The van der Waals surface area contributed by atoms with Crippen LogP contribution in [-0.2, 0) is 11.3 Å². The number of nitrogens with one attached hydrogen (secondary N) is 1. The fourth-order valence-electron chi connectivity index (χ4n) is 5.41. The Kier molecular flexibility index (Phi) is 5.52. The predicted octanol–water partition coefficient (Wildman–Crippen LogP) is 3.79. The number of piperidine rings is 1. The van der Waals surface area contributed by atoms with Crippen LogP contribution in [0.2, 0.25) is 0 Å². The summed E-state index contributed by atoms with van der Waals surface area (Å²) < 4.78 is 4.06. The number of hydrogen-bond donors (Lipinski definition) is 1.